The number of oxazole rings is 1. The van der Waals surface area contributed by atoms with E-state index in [0.29, 0.717) is 28.6 Å². The number of rotatable bonds is 5. The number of ether oxygens (including phenoxy) is 2. The fraction of sp³-hybridized carbons (Fsp3) is 0.167. The maximum atomic E-state index is 12.9. The topological polar surface area (TPSA) is 73.6 Å². The summed E-state index contributed by atoms with van der Waals surface area (Å²) in [6.45, 7) is 3.95. The molecular weight excluding hydrogens is 380 g/mol. The Morgan fingerprint density at radius 2 is 1.67 bits per heavy atom. The number of aromatic nitrogens is 1. The molecule has 0 aliphatic carbocycles. The van der Waals surface area contributed by atoms with E-state index in [-0.39, 0.29) is 5.91 Å². The Morgan fingerprint density at radius 3 is 2.37 bits per heavy atom. The van der Waals surface area contributed by atoms with Crippen molar-refractivity contribution in [3.63, 3.8) is 0 Å². The van der Waals surface area contributed by atoms with Crippen molar-refractivity contribution in [3.05, 3.63) is 71.3 Å². The highest BCUT2D eigenvalue weighted by molar-refractivity contribution is 6.05. The molecule has 0 spiro atoms. The summed E-state index contributed by atoms with van der Waals surface area (Å²) in [6.07, 6.45) is 0. The van der Waals surface area contributed by atoms with Crippen LogP contribution in [0.15, 0.2) is 59.0 Å². The normalized spacial score (nSPS) is 10.8. The summed E-state index contributed by atoms with van der Waals surface area (Å²) >= 11 is 0. The summed E-state index contributed by atoms with van der Waals surface area (Å²) in [5.41, 5.74) is 5.48. The Morgan fingerprint density at radius 1 is 0.933 bits per heavy atom. The van der Waals surface area contributed by atoms with Crippen molar-refractivity contribution in [2.45, 2.75) is 13.8 Å². The van der Waals surface area contributed by atoms with Crippen LogP contribution < -0.4 is 14.8 Å². The monoisotopic (exact) mass is 402 g/mol. The summed E-state index contributed by atoms with van der Waals surface area (Å²) in [7, 11) is 3.10. The van der Waals surface area contributed by atoms with Crippen molar-refractivity contribution in [2.24, 2.45) is 0 Å². The molecule has 0 saturated heterocycles. The molecule has 1 aromatic heterocycles. The van der Waals surface area contributed by atoms with Gasteiger partial charge in [-0.05, 0) is 61.4 Å². The number of carbonyl (C=O) groups excluding carboxylic acids is 1. The Balaban J connectivity index is 1.65. The van der Waals surface area contributed by atoms with Crippen molar-refractivity contribution in [3.8, 4) is 23.0 Å². The van der Waals surface area contributed by atoms with Crippen molar-refractivity contribution >= 4 is 22.7 Å². The number of carbonyl (C=O) groups is 1. The molecule has 0 bridgehead atoms. The predicted octanol–water partition coefficient (Wildman–Crippen LogP) is 5.38. The molecular formula is C24H22N2O4. The van der Waals surface area contributed by atoms with Crippen molar-refractivity contribution in [1.29, 1.82) is 0 Å². The van der Waals surface area contributed by atoms with Crippen LogP contribution in [0.5, 0.6) is 11.5 Å². The lowest BCUT2D eigenvalue weighted by atomic mass is 10.1. The minimum absolute atomic E-state index is 0.263. The molecule has 152 valence electrons. The first kappa shape index (κ1) is 19.5. The Kier molecular flexibility index (Phi) is 5.14. The average molecular weight is 402 g/mol. The van der Waals surface area contributed by atoms with E-state index >= 15 is 0 Å². The van der Waals surface area contributed by atoms with Gasteiger partial charge < -0.3 is 19.2 Å². The van der Waals surface area contributed by atoms with Gasteiger partial charge >= 0.3 is 0 Å². The van der Waals surface area contributed by atoms with Gasteiger partial charge in [-0.1, -0.05) is 12.1 Å². The van der Waals surface area contributed by atoms with Gasteiger partial charge in [0.2, 0.25) is 5.89 Å². The van der Waals surface area contributed by atoms with Crippen LogP contribution in [0.25, 0.3) is 22.6 Å². The zero-order valence-corrected chi connectivity index (χ0v) is 17.3. The molecule has 0 atom stereocenters. The predicted molar refractivity (Wildman–Crippen MR) is 116 cm³/mol. The van der Waals surface area contributed by atoms with E-state index in [2.05, 4.69) is 10.3 Å². The molecule has 0 radical (unpaired) electrons. The highest BCUT2D eigenvalue weighted by atomic mass is 16.5. The molecule has 30 heavy (non-hydrogen) atoms. The standard InChI is InChI=1S/C24H22N2O4/c1-14-5-8-22-21(9-14)26-24(30-22)16-7-6-15(2)20(12-16)25-23(27)17-10-18(28-3)13-19(11-17)29-4/h5-13H,1-4H3,(H,25,27). The molecule has 0 aliphatic rings. The van der Waals surface area contributed by atoms with E-state index in [1.165, 1.54) is 0 Å². The third-order valence-corrected chi connectivity index (χ3v) is 4.89. The van der Waals surface area contributed by atoms with Crippen LogP contribution in [0.4, 0.5) is 5.69 Å². The van der Waals surface area contributed by atoms with Crippen LogP contribution in [-0.4, -0.2) is 25.1 Å². The lowest BCUT2D eigenvalue weighted by molar-refractivity contribution is 0.102. The molecule has 4 rings (SSSR count). The number of hydrogen-bond donors (Lipinski definition) is 1. The van der Waals surface area contributed by atoms with Gasteiger partial charge in [-0.25, -0.2) is 4.98 Å². The summed E-state index contributed by atoms with van der Waals surface area (Å²) in [5.74, 6) is 1.34. The van der Waals surface area contributed by atoms with Gasteiger partial charge in [0.15, 0.2) is 5.58 Å². The van der Waals surface area contributed by atoms with Gasteiger partial charge in [0.05, 0.1) is 14.2 Å². The number of hydrogen-bond acceptors (Lipinski definition) is 5. The maximum absolute atomic E-state index is 12.9. The molecule has 0 saturated carbocycles. The quantitative estimate of drug-likeness (QED) is 0.485. The van der Waals surface area contributed by atoms with E-state index in [1.807, 2.05) is 50.2 Å². The maximum Gasteiger partial charge on any atom is 0.255 e. The molecule has 4 aromatic rings. The zero-order valence-electron chi connectivity index (χ0n) is 17.3. The molecule has 1 heterocycles. The molecule has 1 amide bonds. The Hall–Kier alpha value is -3.80. The number of benzene rings is 3. The average Bonchev–Trinajstić information content (AvgIpc) is 3.17. The van der Waals surface area contributed by atoms with Gasteiger partial charge in [0, 0.05) is 22.9 Å². The smallest absolute Gasteiger partial charge is 0.255 e. The highest BCUT2D eigenvalue weighted by Crippen LogP contribution is 2.29. The van der Waals surface area contributed by atoms with Gasteiger partial charge in [0.25, 0.3) is 5.91 Å². The zero-order chi connectivity index (χ0) is 21.3. The minimum atomic E-state index is -0.263. The summed E-state index contributed by atoms with van der Waals surface area (Å²) < 4.78 is 16.4. The van der Waals surface area contributed by atoms with Gasteiger partial charge in [-0.2, -0.15) is 0 Å². The number of anilines is 1. The van der Waals surface area contributed by atoms with E-state index in [1.54, 1.807) is 32.4 Å². The second kappa shape index (κ2) is 7.91. The Bertz CT molecular complexity index is 1220. The Labute approximate surface area is 174 Å². The summed E-state index contributed by atoms with van der Waals surface area (Å²) in [4.78, 5) is 17.5. The van der Waals surface area contributed by atoms with Crippen molar-refractivity contribution < 1.29 is 18.7 Å². The van der Waals surface area contributed by atoms with E-state index in [0.717, 1.165) is 27.8 Å². The van der Waals surface area contributed by atoms with E-state index in [9.17, 15) is 4.79 Å². The van der Waals surface area contributed by atoms with E-state index < -0.39 is 0 Å². The minimum Gasteiger partial charge on any atom is -0.497 e. The number of nitrogens with one attached hydrogen (secondary N) is 1. The second-order valence-corrected chi connectivity index (χ2v) is 7.08. The third-order valence-electron chi connectivity index (χ3n) is 4.89. The number of amides is 1. The third kappa shape index (κ3) is 3.85. The lowest BCUT2D eigenvalue weighted by Gasteiger charge is -2.11. The lowest BCUT2D eigenvalue weighted by Crippen LogP contribution is -2.13. The number of aryl methyl sites for hydroxylation is 2. The largest absolute Gasteiger partial charge is 0.497 e. The molecule has 6 heteroatoms. The number of nitrogens with zero attached hydrogens (tertiary/aromatic N) is 1. The molecule has 1 N–H and O–H groups in total. The fourth-order valence-electron chi connectivity index (χ4n) is 3.18. The molecule has 0 fully saturated rings. The van der Waals surface area contributed by atoms with Crippen molar-refractivity contribution in [2.75, 3.05) is 19.5 Å². The number of methoxy groups -OCH3 is 2. The summed E-state index contributed by atoms with van der Waals surface area (Å²) in [6, 6.07) is 16.7. The first-order valence-corrected chi connectivity index (χ1v) is 9.49. The van der Waals surface area contributed by atoms with Crippen LogP contribution in [0.2, 0.25) is 0 Å². The first-order chi connectivity index (χ1) is 14.5. The molecule has 6 nitrogen and oxygen atoms in total. The van der Waals surface area contributed by atoms with Gasteiger partial charge in [0.1, 0.15) is 17.0 Å². The molecule has 3 aromatic carbocycles. The van der Waals surface area contributed by atoms with Crippen LogP contribution >= 0.6 is 0 Å². The SMILES string of the molecule is COc1cc(OC)cc(C(=O)Nc2cc(-c3nc4cc(C)ccc4o3)ccc2C)c1. The van der Waals surface area contributed by atoms with Crippen molar-refractivity contribution in [1.82, 2.24) is 4.98 Å². The highest BCUT2D eigenvalue weighted by Gasteiger charge is 2.14. The molecule has 0 unspecified atom stereocenters. The van der Waals surface area contributed by atoms with Gasteiger partial charge in [-0.3, -0.25) is 4.79 Å². The number of fused-ring (bicyclic) bond motifs is 1. The van der Waals surface area contributed by atoms with E-state index in [4.69, 9.17) is 13.9 Å². The van der Waals surface area contributed by atoms with Crippen LogP contribution in [0.1, 0.15) is 21.5 Å². The van der Waals surface area contributed by atoms with Crippen LogP contribution in [-0.2, 0) is 0 Å². The summed E-state index contributed by atoms with van der Waals surface area (Å²) in [5, 5.41) is 2.96. The first-order valence-electron chi connectivity index (χ1n) is 9.49. The van der Waals surface area contributed by atoms with Crippen LogP contribution in [0.3, 0.4) is 0 Å². The second-order valence-electron chi connectivity index (χ2n) is 7.08. The fourth-order valence-corrected chi connectivity index (χ4v) is 3.18. The molecule has 0 aliphatic heterocycles. The van der Waals surface area contributed by atoms with Crippen LogP contribution in [0, 0.1) is 13.8 Å². The van der Waals surface area contributed by atoms with Gasteiger partial charge in [-0.15, -0.1) is 0 Å².